The van der Waals surface area contributed by atoms with Crippen LogP contribution in [0.2, 0.25) is 0 Å². The van der Waals surface area contributed by atoms with Crippen LogP contribution in [0.3, 0.4) is 0 Å². The van der Waals surface area contributed by atoms with Crippen LogP contribution in [-0.2, 0) is 10.4 Å². The third-order valence-corrected chi connectivity index (χ3v) is 5.01. The smallest absolute Gasteiger partial charge is 0.262 e. The van der Waals surface area contributed by atoms with Gasteiger partial charge in [0.2, 0.25) is 5.91 Å². The Morgan fingerprint density at radius 2 is 1.50 bits per heavy atom. The van der Waals surface area contributed by atoms with Crippen molar-refractivity contribution in [2.45, 2.75) is 32.4 Å². The molecule has 28 heavy (non-hydrogen) atoms. The number of rotatable bonds is 6. The zero-order valence-electron chi connectivity index (χ0n) is 16.2. The number of imide groups is 1. The lowest BCUT2D eigenvalue weighted by atomic mass is 9.95. The summed E-state index contributed by atoms with van der Waals surface area (Å²) in [6.45, 7) is 5.13. The molecule has 1 aliphatic rings. The quantitative estimate of drug-likeness (QED) is 0.753. The molecule has 0 saturated carbocycles. The third-order valence-electron chi connectivity index (χ3n) is 5.01. The summed E-state index contributed by atoms with van der Waals surface area (Å²) >= 11 is 0. The molecule has 2 aromatic carbocycles. The SMILES string of the molecule is CC(C)[C@@H](C(=O)NC[C@@](C)(O)c1ccccc1)N1C(=O)c2ccccc2C1=O. The first-order valence-electron chi connectivity index (χ1n) is 9.26. The molecule has 0 unspecified atom stereocenters. The molecule has 0 bridgehead atoms. The van der Waals surface area contributed by atoms with Gasteiger partial charge in [-0.3, -0.25) is 19.3 Å². The highest BCUT2D eigenvalue weighted by atomic mass is 16.3. The Hall–Kier alpha value is -2.99. The molecule has 2 N–H and O–H groups in total. The highest BCUT2D eigenvalue weighted by molar-refractivity contribution is 6.22. The van der Waals surface area contributed by atoms with Crippen LogP contribution in [0, 0.1) is 5.92 Å². The van der Waals surface area contributed by atoms with E-state index in [4.69, 9.17) is 0 Å². The molecule has 0 aliphatic carbocycles. The van der Waals surface area contributed by atoms with Crippen molar-refractivity contribution < 1.29 is 19.5 Å². The molecule has 6 nitrogen and oxygen atoms in total. The van der Waals surface area contributed by atoms with E-state index in [0.29, 0.717) is 16.7 Å². The van der Waals surface area contributed by atoms with Crippen LogP contribution < -0.4 is 5.32 Å². The first kappa shape index (κ1) is 19.8. The lowest BCUT2D eigenvalue weighted by Gasteiger charge is -2.30. The van der Waals surface area contributed by atoms with Gasteiger partial charge < -0.3 is 10.4 Å². The number of fused-ring (bicyclic) bond motifs is 1. The zero-order chi connectivity index (χ0) is 20.5. The molecular formula is C22H24N2O4. The summed E-state index contributed by atoms with van der Waals surface area (Å²) < 4.78 is 0. The van der Waals surface area contributed by atoms with Crippen molar-refractivity contribution in [1.82, 2.24) is 10.2 Å². The number of hydrogen-bond acceptors (Lipinski definition) is 4. The fraction of sp³-hybridized carbons (Fsp3) is 0.318. The van der Waals surface area contributed by atoms with Gasteiger partial charge in [-0.05, 0) is 30.5 Å². The van der Waals surface area contributed by atoms with E-state index in [0.717, 1.165) is 4.90 Å². The van der Waals surface area contributed by atoms with Gasteiger partial charge in [0.25, 0.3) is 11.8 Å². The minimum Gasteiger partial charge on any atom is -0.384 e. The van der Waals surface area contributed by atoms with Crippen molar-refractivity contribution in [1.29, 1.82) is 0 Å². The molecule has 2 aromatic rings. The molecule has 146 valence electrons. The van der Waals surface area contributed by atoms with Gasteiger partial charge in [-0.1, -0.05) is 56.3 Å². The van der Waals surface area contributed by atoms with Gasteiger partial charge in [0, 0.05) is 0 Å². The number of aliphatic hydroxyl groups is 1. The Bertz CT molecular complexity index is 871. The topological polar surface area (TPSA) is 86.7 Å². The Kier molecular flexibility index (Phi) is 5.34. The predicted octanol–water partition coefficient (Wildman–Crippen LogP) is 2.33. The first-order chi connectivity index (χ1) is 13.2. The summed E-state index contributed by atoms with van der Waals surface area (Å²) in [5.74, 6) is -1.70. The van der Waals surface area contributed by atoms with Gasteiger partial charge in [0.1, 0.15) is 11.6 Å². The number of nitrogens with one attached hydrogen (secondary N) is 1. The minimum absolute atomic E-state index is 0.0394. The second-order valence-corrected chi connectivity index (χ2v) is 7.57. The lowest BCUT2D eigenvalue weighted by molar-refractivity contribution is -0.127. The molecule has 1 heterocycles. The van der Waals surface area contributed by atoms with E-state index in [2.05, 4.69) is 5.32 Å². The van der Waals surface area contributed by atoms with Crippen LogP contribution in [0.5, 0.6) is 0 Å². The van der Waals surface area contributed by atoms with Gasteiger partial charge in [-0.25, -0.2) is 0 Å². The Labute approximate surface area is 164 Å². The third kappa shape index (κ3) is 3.55. The number of amides is 3. The van der Waals surface area contributed by atoms with Crippen LogP contribution in [0.25, 0.3) is 0 Å². The van der Waals surface area contributed by atoms with Crippen LogP contribution in [-0.4, -0.2) is 40.3 Å². The summed E-state index contributed by atoms with van der Waals surface area (Å²) in [4.78, 5) is 39.5. The van der Waals surface area contributed by atoms with E-state index in [1.807, 2.05) is 6.07 Å². The second-order valence-electron chi connectivity index (χ2n) is 7.57. The largest absolute Gasteiger partial charge is 0.384 e. The number of nitrogens with zero attached hydrogens (tertiary/aromatic N) is 1. The maximum atomic E-state index is 12.9. The molecule has 0 aromatic heterocycles. The highest BCUT2D eigenvalue weighted by Gasteiger charge is 2.44. The summed E-state index contributed by atoms with van der Waals surface area (Å²) in [7, 11) is 0. The van der Waals surface area contributed by atoms with E-state index in [1.165, 1.54) is 0 Å². The number of carbonyl (C=O) groups is 3. The highest BCUT2D eigenvalue weighted by Crippen LogP contribution is 2.27. The van der Waals surface area contributed by atoms with E-state index in [9.17, 15) is 19.5 Å². The standard InChI is InChI=1S/C22H24N2O4/c1-14(2)18(24-20(26)16-11-7-8-12-17(16)21(24)27)19(25)23-13-22(3,28)15-9-5-4-6-10-15/h4-12,14,18,28H,13H2,1-3H3,(H,23,25)/t18-,22+/m0/s1. The van der Waals surface area contributed by atoms with Crippen LogP contribution >= 0.6 is 0 Å². The molecule has 0 saturated heterocycles. The van der Waals surface area contributed by atoms with E-state index in [1.54, 1.807) is 69.3 Å². The normalized spacial score (nSPS) is 16.7. The summed E-state index contributed by atoms with van der Waals surface area (Å²) in [6.07, 6.45) is 0. The van der Waals surface area contributed by atoms with Crippen molar-refractivity contribution in [2.75, 3.05) is 6.54 Å². The second kappa shape index (κ2) is 7.56. The Balaban J connectivity index is 1.79. The Morgan fingerprint density at radius 1 is 1.00 bits per heavy atom. The average Bonchev–Trinajstić information content (AvgIpc) is 2.93. The molecule has 2 atom stereocenters. The monoisotopic (exact) mass is 380 g/mol. The molecule has 0 radical (unpaired) electrons. The van der Waals surface area contributed by atoms with E-state index in [-0.39, 0.29) is 12.5 Å². The van der Waals surface area contributed by atoms with Crippen LogP contribution in [0.1, 0.15) is 47.1 Å². The fourth-order valence-electron chi connectivity index (χ4n) is 3.44. The summed E-state index contributed by atoms with van der Waals surface area (Å²) in [6, 6.07) is 14.6. The average molecular weight is 380 g/mol. The maximum Gasteiger partial charge on any atom is 0.262 e. The maximum absolute atomic E-state index is 12.9. The molecule has 3 amide bonds. The van der Waals surface area contributed by atoms with Crippen LogP contribution in [0.4, 0.5) is 0 Å². The minimum atomic E-state index is -1.28. The lowest BCUT2D eigenvalue weighted by Crippen LogP contribution is -2.54. The molecule has 1 aliphatic heterocycles. The van der Waals surface area contributed by atoms with Crippen molar-refractivity contribution in [3.63, 3.8) is 0 Å². The van der Waals surface area contributed by atoms with Crippen molar-refractivity contribution in [3.05, 3.63) is 71.3 Å². The summed E-state index contributed by atoms with van der Waals surface area (Å²) in [5, 5.41) is 13.4. The van der Waals surface area contributed by atoms with Crippen molar-refractivity contribution in [3.8, 4) is 0 Å². The molecule has 6 heteroatoms. The van der Waals surface area contributed by atoms with Crippen LogP contribution in [0.15, 0.2) is 54.6 Å². The van der Waals surface area contributed by atoms with Crippen molar-refractivity contribution >= 4 is 17.7 Å². The molecular weight excluding hydrogens is 356 g/mol. The molecule has 0 fully saturated rings. The number of carbonyl (C=O) groups excluding carboxylic acids is 3. The van der Waals surface area contributed by atoms with E-state index < -0.39 is 29.4 Å². The van der Waals surface area contributed by atoms with Gasteiger partial charge in [-0.15, -0.1) is 0 Å². The van der Waals surface area contributed by atoms with Gasteiger partial charge in [0.15, 0.2) is 0 Å². The number of benzene rings is 2. The fourth-order valence-corrected chi connectivity index (χ4v) is 3.44. The number of hydrogen-bond donors (Lipinski definition) is 2. The van der Waals surface area contributed by atoms with Gasteiger partial charge >= 0.3 is 0 Å². The molecule has 0 spiro atoms. The Morgan fingerprint density at radius 3 is 2.00 bits per heavy atom. The zero-order valence-corrected chi connectivity index (χ0v) is 16.2. The predicted molar refractivity (Wildman–Crippen MR) is 105 cm³/mol. The van der Waals surface area contributed by atoms with Crippen molar-refractivity contribution in [2.24, 2.45) is 5.92 Å². The first-order valence-corrected chi connectivity index (χ1v) is 9.26. The summed E-state index contributed by atoms with van der Waals surface area (Å²) in [5.41, 5.74) is 0.00191. The van der Waals surface area contributed by atoms with E-state index >= 15 is 0 Å². The van der Waals surface area contributed by atoms with Gasteiger partial charge in [0.05, 0.1) is 17.7 Å². The molecule has 3 rings (SSSR count). The van der Waals surface area contributed by atoms with Gasteiger partial charge in [-0.2, -0.15) is 0 Å².